The Morgan fingerprint density at radius 2 is 2.37 bits per heavy atom. The van der Waals surface area contributed by atoms with E-state index >= 15 is 0 Å². The summed E-state index contributed by atoms with van der Waals surface area (Å²) in [6.07, 6.45) is 4.16. The van der Waals surface area contributed by atoms with E-state index in [2.05, 4.69) is 17.6 Å². The fourth-order valence-corrected chi connectivity index (χ4v) is 2.19. The van der Waals surface area contributed by atoms with Gasteiger partial charge < -0.3 is 15.4 Å². The first-order chi connectivity index (χ1) is 9.29. The minimum absolute atomic E-state index is 0.0485. The molecule has 0 bridgehead atoms. The number of carbonyl (C=O) groups excluding carboxylic acids is 1. The van der Waals surface area contributed by atoms with Gasteiger partial charge in [0.25, 0.3) is 0 Å². The van der Waals surface area contributed by atoms with Gasteiger partial charge in [0.15, 0.2) is 0 Å². The van der Waals surface area contributed by atoms with Crippen LogP contribution in [0.25, 0.3) is 0 Å². The van der Waals surface area contributed by atoms with Gasteiger partial charge in [0.1, 0.15) is 5.75 Å². The van der Waals surface area contributed by atoms with Crippen molar-refractivity contribution in [3.63, 3.8) is 0 Å². The van der Waals surface area contributed by atoms with Gasteiger partial charge in [-0.3, -0.25) is 4.79 Å². The number of benzene rings is 1. The lowest BCUT2D eigenvalue weighted by molar-refractivity contribution is -0.118. The van der Waals surface area contributed by atoms with Gasteiger partial charge >= 0.3 is 0 Å². The summed E-state index contributed by atoms with van der Waals surface area (Å²) in [5, 5.41) is 6.19. The molecule has 4 nitrogen and oxygen atoms in total. The van der Waals surface area contributed by atoms with Crippen LogP contribution < -0.4 is 15.4 Å². The molecule has 1 aliphatic rings. The fraction of sp³-hybridized carbons (Fsp3) is 0.533. The van der Waals surface area contributed by atoms with Crippen molar-refractivity contribution in [3.8, 4) is 5.75 Å². The highest BCUT2D eigenvalue weighted by Gasteiger charge is 2.20. The molecular formula is C15H22N2O2. The summed E-state index contributed by atoms with van der Waals surface area (Å²) >= 11 is 0. The number of carbonyl (C=O) groups is 1. The molecular weight excluding hydrogens is 240 g/mol. The van der Waals surface area contributed by atoms with Crippen molar-refractivity contribution in [2.24, 2.45) is 0 Å². The smallest absolute Gasteiger partial charge is 0.241 e. The number of anilines is 1. The number of hydrogen-bond donors (Lipinski definition) is 2. The van der Waals surface area contributed by atoms with Crippen molar-refractivity contribution in [1.29, 1.82) is 0 Å². The van der Waals surface area contributed by atoms with Crippen molar-refractivity contribution >= 4 is 11.6 Å². The summed E-state index contributed by atoms with van der Waals surface area (Å²) in [6, 6.07) is 7.50. The molecule has 1 aromatic carbocycles. The molecule has 104 valence electrons. The summed E-state index contributed by atoms with van der Waals surface area (Å²) in [7, 11) is 0. The maximum atomic E-state index is 12.1. The van der Waals surface area contributed by atoms with Crippen LogP contribution in [0.3, 0.4) is 0 Å². The Morgan fingerprint density at radius 1 is 1.47 bits per heavy atom. The predicted molar refractivity (Wildman–Crippen MR) is 76.5 cm³/mol. The first-order valence-corrected chi connectivity index (χ1v) is 7.06. The van der Waals surface area contributed by atoms with Crippen LogP contribution in [0.4, 0.5) is 5.69 Å². The van der Waals surface area contributed by atoms with E-state index in [4.69, 9.17) is 4.74 Å². The molecule has 0 aliphatic carbocycles. The Labute approximate surface area is 114 Å². The zero-order chi connectivity index (χ0) is 13.5. The molecule has 0 aromatic heterocycles. The minimum Gasteiger partial charge on any atom is -0.494 e. The summed E-state index contributed by atoms with van der Waals surface area (Å²) < 4.78 is 5.56. The van der Waals surface area contributed by atoms with Gasteiger partial charge in [0.2, 0.25) is 5.91 Å². The molecule has 1 atom stereocenters. The second kappa shape index (κ2) is 7.14. The van der Waals surface area contributed by atoms with E-state index in [0.29, 0.717) is 6.61 Å². The van der Waals surface area contributed by atoms with Crippen molar-refractivity contribution < 1.29 is 9.53 Å². The molecule has 1 amide bonds. The molecule has 2 N–H and O–H groups in total. The van der Waals surface area contributed by atoms with E-state index in [1.54, 1.807) is 0 Å². The van der Waals surface area contributed by atoms with E-state index in [9.17, 15) is 4.79 Å². The van der Waals surface area contributed by atoms with E-state index in [1.807, 2.05) is 24.3 Å². The fourth-order valence-electron chi connectivity index (χ4n) is 2.19. The highest BCUT2D eigenvalue weighted by Crippen LogP contribution is 2.18. The quantitative estimate of drug-likeness (QED) is 0.857. The Hall–Kier alpha value is -1.55. The van der Waals surface area contributed by atoms with Crippen molar-refractivity contribution in [1.82, 2.24) is 5.32 Å². The van der Waals surface area contributed by atoms with E-state index < -0.39 is 0 Å². The van der Waals surface area contributed by atoms with Crippen LogP contribution in [0.5, 0.6) is 5.75 Å². The molecule has 2 rings (SSSR count). The zero-order valence-electron chi connectivity index (χ0n) is 11.4. The number of rotatable bonds is 5. The standard InChI is InChI=1S/C15H22N2O2/c1-2-10-19-13-7-5-6-12(11-13)17-15(18)14-8-3-4-9-16-14/h5-7,11,14,16H,2-4,8-10H2,1H3,(H,17,18). The highest BCUT2D eigenvalue weighted by atomic mass is 16.5. The van der Waals surface area contributed by atoms with Gasteiger partial charge in [-0.2, -0.15) is 0 Å². The molecule has 1 fully saturated rings. The Morgan fingerprint density at radius 3 is 3.11 bits per heavy atom. The third-order valence-electron chi connectivity index (χ3n) is 3.20. The molecule has 1 saturated heterocycles. The van der Waals surface area contributed by atoms with Crippen LogP contribution in [-0.2, 0) is 4.79 Å². The maximum absolute atomic E-state index is 12.1. The first-order valence-electron chi connectivity index (χ1n) is 7.06. The van der Waals surface area contributed by atoms with E-state index in [1.165, 1.54) is 0 Å². The van der Waals surface area contributed by atoms with Crippen molar-refractivity contribution in [3.05, 3.63) is 24.3 Å². The average molecular weight is 262 g/mol. The second-order valence-electron chi connectivity index (χ2n) is 4.87. The van der Waals surface area contributed by atoms with Crippen molar-refractivity contribution in [2.75, 3.05) is 18.5 Å². The molecule has 4 heteroatoms. The van der Waals surface area contributed by atoms with Gasteiger partial charge in [-0.05, 0) is 37.9 Å². The second-order valence-corrected chi connectivity index (χ2v) is 4.87. The van der Waals surface area contributed by atoms with E-state index in [0.717, 1.165) is 43.7 Å². The molecule has 0 radical (unpaired) electrons. The number of hydrogen-bond acceptors (Lipinski definition) is 3. The molecule has 1 heterocycles. The largest absolute Gasteiger partial charge is 0.494 e. The monoisotopic (exact) mass is 262 g/mol. The third-order valence-corrected chi connectivity index (χ3v) is 3.20. The molecule has 19 heavy (non-hydrogen) atoms. The first kappa shape index (κ1) is 13.9. The summed E-state index contributed by atoms with van der Waals surface area (Å²) in [5.74, 6) is 0.851. The molecule has 0 saturated carbocycles. The SMILES string of the molecule is CCCOc1cccc(NC(=O)C2CCCCN2)c1. The lowest BCUT2D eigenvalue weighted by atomic mass is 10.0. The highest BCUT2D eigenvalue weighted by molar-refractivity contribution is 5.95. The topological polar surface area (TPSA) is 50.4 Å². The van der Waals surface area contributed by atoms with Gasteiger partial charge in [0, 0.05) is 11.8 Å². The molecule has 1 aliphatic heterocycles. The predicted octanol–water partition coefficient (Wildman–Crippen LogP) is 2.56. The molecule has 1 aromatic rings. The molecule has 0 spiro atoms. The number of piperidine rings is 1. The summed E-state index contributed by atoms with van der Waals surface area (Å²) in [6.45, 7) is 3.69. The van der Waals surface area contributed by atoms with Crippen LogP contribution in [0.2, 0.25) is 0 Å². The Bertz CT molecular complexity index is 414. The summed E-state index contributed by atoms with van der Waals surface area (Å²) in [5.41, 5.74) is 0.797. The lowest BCUT2D eigenvalue weighted by Gasteiger charge is -2.22. The van der Waals surface area contributed by atoms with Crippen LogP contribution in [0, 0.1) is 0 Å². The number of amides is 1. The van der Waals surface area contributed by atoms with E-state index in [-0.39, 0.29) is 11.9 Å². The number of ether oxygens (including phenoxy) is 1. The maximum Gasteiger partial charge on any atom is 0.241 e. The third kappa shape index (κ3) is 4.24. The minimum atomic E-state index is -0.0611. The van der Waals surface area contributed by atoms with Crippen LogP contribution in [-0.4, -0.2) is 25.1 Å². The van der Waals surface area contributed by atoms with Crippen LogP contribution in [0.15, 0.2) is 24.3 Å². The Balaban J connectivity index is 1.92. The van der Waals surface area contributed by atoms with Crippen LogP contribution >= 0.6 is 0 Å². The molecule has 1 unspecified atom stereocenters. The van der Waals surface area contributed by atoms with Gasteiger partial charge in [-0.15, -0.1) is 0 Å². The van der Waals surface area contributed by atoms with Gasteiger partial charge in [-0.25, -0.2) is 0 Å². The summed E-state index contributed by atoms with van der Waals surface area (Å²) in [4.78, 5) is 12.1. The van der Waals surface area contributed by atoms with Crippen LogP contribution in [0.1, 0.15) is 32.6 Å². The Kier molecular flexibility index (Phi) is 5.21. The van der Waals surface area contributed by atoms with Gasteiger partial charge in [0.05, 0.1) is 12.6 Å². The van der Waals surface area contributed by atoms with Crippen molar-refractivity contribution in [2.45, 2.75) is 38.6 Å². The lowest BCUT2D eigenvalue weighted by Crippen LogP contribution is -2.43. The zero-order valence-corrected chi connectivity index (χ0v) is 11.4. The van der Waals surface area contributed by atoms with Gasteiger partial charge in [-0.1, -0.05) is 19.4 Å². The number of nitrogens with one attached hydrogen (secondary N) is 2. The normalized spacial score (nSPS) is 18.9. The average Bonchev–Trinajstić information content (AvgIpc) is 2.46.